The third kappa shape index (κ3) is 3.30. The van der Waals surface area contributed by atoms with Crippen LogP contribution in [0.5, 0.6) is 0 Å². The summed E-state index contributed by atoms with van der Waals surface area (Å²) in [4.78, 5) is 2.85. The monoisotopic (exact) mass is 282 g/mol. The second-order valence-electron chi connectivity index (χ2n) is 6.85. The lowest BCUT2D eigenvalue weighted by atomic mass is 9.79. The van der Waals surface area contributed by atoms with Crippen molar-refractivity contribution in [3.05, 3.63) is 0 Å². The summed E-state index contributed by atoms with van der Waals surface area (Å²) in [6.07, 6.45) is 11.4. The van der Waals surface area contributed by atoms with Crippen molar-refractivity contribution >= 4 is 11.8 Å². The molecule has 1 N–H and O–H groups in total. The Morgan fingerprint density at radius 1 is 1.21 bits per heavy atom. The summed E-state index contributed by atoms with van der Waals surface area (Å²) < 4.78 is 0. The minimum atomic E-state index is 0.479. The predicted molar refractivity (Wildman–Crippen MR) is 85.0 cm³/mol. The fraction of sp³-hybridized carbons (Fsp3) is 1.00. The van der Waals surface area contributed by atoms with E-state index in [1.165, 1.54) is 76.8 Å². The van der Waals surface area contributed by atoms with Crippen LogP contribution in [0, 0.1) is 0 Å². The fourth-order valence-corrected chi connectivity index (χ4v) is 5.56. The molecule has 110 valence electrons. The van der Waals surface area contributed by atoms with E-state index in [-0.39, 0.29) is 0 Å². The van der Waals surface area contributed by atoms with E-state index >= 15 is 0 Å². The summed E-state index contributed by atoms with van der Waals surface area (Å²) in [5.74, 6) is 1.40. The molecule has 2 heterocycles. The Morgan fingerprint density at radius 2 is 2.05 bits per heavy atom. The zero-order chi connectivity index (χ0) is 13.1. The zero-order valence-corrected chi connectivity index (χ0v) is 13.3. The van der Waals surface area contributed by atoms with Gasteiger partial charge >= 0.3 is 0 Å². The molecule has 2 saturated heterocycles. The molecule has 3 fully saturated rings. The van der Waals surface area contributed by atoms with Gasteiger partial charge in [0.15, 0.2) is 0 Å². The molecular weight excluding hydrogens is 252 g/mol. The van der Waals surface area contributed by atoms with E-state index < -0.39 is 0 Å². The molecule has 0 aromatic rings. The summed E-state index contributed by atoms with van der Waals surface area (Å²) in [6.45, 7) is 6.27. The van der Waals surface area contributed by atoms with Gasteiger partial charge in [-0.3, -0.25) is 4.90 Å². The fourth-order valence-electron chi connectivity index (χ4n) is 4.27. The SMILES string of the molecule is CCC1CNC2(CCCCC2)CN1CC1CCCS1. The van der Waals surface area contributed by atoms with Crippen molar-refractivity contribution in [2.45, 2.75) is 75.1 Å². The molecule has 0 amide bonds. The van der Waals surface area contributed by atoms with Crippen LogP contribution in [0.3, 0.4) is 0 Å². The average Bonchev–Trinajstić information content (AvgIpc) is 2.93. The highest BCUT2D eigenvalue weighted by Gasteiger charge is 2.39. The Morgan fingerprint density at radius 3 is 2.74 bits per heavy atom. The highest BCUT2D eigenvalue weighted by Crippen LogP contribution is 2.34. The minimum Gasteiger partial charge on any atom is -0.308 e. The molecule has 0 bridgehead atoms. The largest absolute Gasteiger partial charge is 0.308 e. The van der Waals surface area contributed by atoms with Crippen LogP contribution >= 0.6 is 11.8 Å². The molecule has 0 aromatic heterocycles. The van der Waals surface area contributed by atoms with Gasteiger partial charge in [-0.25, -0.2) is 0 Å². The number of rotatable bonds is 3. The number of nitrogens with zero attached hydrogens (tertiary/aromatic N) is 1. The summed E-state index contributed by atoms with van der Waals surface area (Å²) in [7, 11) is 0. The first kappa shape index (κ1) is 14.2. The van der Waals surface area contributed by atoms with Crippen molar-refractivity contribution in [3.63, 3.8) is 0 Å². The van der Waals surface area contributed by atoms with E-state index in [1.54, 1.807) is 0 Å². The molecule has 3 aliphatic rings. The second kappa shape index (κ2) is 6.36. The van der Waals surface area contributed by atoms with Crippen LogP contribution in [0.1, 0.15) is 58.3 Å². The maximum absolute atomic E-state index is 3.94. The Labute approximate surface area is 123 Å². The minimum absolute atomic E-state index is 0.479. The Kier molecular flexibility index (Phi) is 4.76. The number of hydrogen-bond donors (Lipinski definition) is 1. The third-order valence-corrected chi connectivity index (χ3v) is 6.86. The summed E-state index contributed by atoms with van der Waals surface area (Å²) >= 11 is 2.22. The number of nitrogens with one attached hydrogen (secondary N) is 1. The topological polar surface area (TPSA) is 15.3 Å². The van der Waals surface area contributed by atoms with Gasteiger partial charge in [0.2, 0.25) is 0 Å². The Balaban J connectivity index is 1.63. The molecule has 2 atom stereocenters. The van der Waals surface area contributed by atoms with Gasteiger partial charge in [0, 0.05) is 36.5 Å². The molecule has 2 unspecified atom stereocenters. The second-order valence-corrected chi connectivity index (χ2v) is 8.26. The molecule has 1 spiro atoms. The lowest BCUT2D eigenvalue weighted by molar-refractivity contribution is 0.0543. The van der Waals surface area contributed by atoms with E-state index in [4.69, 9.17) is 0 Å². The smallest absolute Gasteiger partial charge is 0.0309 e. The van der Waals surface area contributed by atoms with Crippen LogP contribution in [0.25, 0.3) is 0 Å². The van der Waals surface area contributed by atoms with E-state index in [0.717, 1.165) is 11.3 Å². The van der Waals surface area contributed by atoms with Gasteiger partial charge in [0.1, 0.15) is 0 Å². The molecule has 3 heteroatoms. The van der Waals surface area contributed by atoms with Crippen molar-refractivity contribution in [2.24, 2.45) is 0 Å². The lowest BCUT2D eigenvalue weighted by Crippen LogP contribution is -2.65. The van der Waals surface area contributed by atoms with Crippen LogP contribution < -0.4 is 5.32 Å². The van der Waals surface area contributed by atoms with Crippen molar-refractivity contribution in [1.29, 1.82) is 0 Å². The molecule has 19 heavy (non-hydrogen) atoms. The van der Waals surface area contributed by atoms with Crippen LogP contribution in [0.4, 0.5) is 0 Å². The normalized spacial score (nSPS) is 35.8. The third-order valence-electron chi connectivity index (χ3n) is 5.48. The maximum atomic E-state index is 3.94. The van der Waals surface area contributed by atoms with Gasteiger partial charge in [-0.2, -0.15) is 11.8 Å². The highest BCUT2D eigenvalue weighted by molar-refractivity contribution is 8.00. The van der Waals surface area contributed by atoms with Crippen LogP contribution in [-0.2, 0) is 0 Å². The molecule has 2 nitrogen and oxygen atoms in total. The van der Waals surface area contributed by atoms with Gasteiger partial charge in [-0.1, -0.05) is 26.2 Å². The highest BCUT2D eigenvalue weighted by atomic mass is 32.2. The number of hydrogen-bond acceptors (Lipinski definition) is 3. The van der Waals surface area contributed by atoms with E-state index in [1.807, 2.05) is 0 Å². The van der Waals surface area contributed by atoms with Crippen LogP contribution in [0.2, 0.25) is 0 Å². The molecule has 2 aliphatic heterocycles. The maximum Gasteiger partial charge on any atom is 0.0309 e. The van der Waals surface area contributed by atoms with Gasteiger partial charge < -0.3 is 5.32 Å². The van der Waals surface area contributed by atoms with Crippen molar-refractivity contribution in [1.82, 2.24) is 10.2 Å². The van der Waals surface area contributed by atoms with Crippen LogP contribution in [-0.4, -0.2) is 47.1 Å². The number of piperazine rings is 1. The first-order chi connectivity index (χ1) is 9.31. The van der Waals surface area contributed by atoms with Gasteiger partial charge in [-0.15, -0.1) is 0 Å². The molecule has 3 rings (SSSR count). The Bertz CT molecular complexity index is 282. The summed E-state index contributed by atoms with van der Waals surface area (Å²) in [5.41, 5.74) is 0.479. The molecule has 1 saturated carbocycles. The predicted octanol–water partition coefficient (Wildman–Crippen LogP) is 3.27. The Hall–Kier alpha value is 0.270. The van der Waals surface area contributed by atoms with E-state index in [2.05, 4.69) is 28.9 Å². The van der Waals surface area contributed by atoms with E-state index in [9.17, 15) is 0 Å². The van der Waals surface area contributed by atoms with E-state index in [0.29, 0.717) is 5.54 Å². The first-order valence-electron chi connectivity index (χ1n) is 8.42. The molecular formula is C16H30N2S. The standard InChI is InChI=1S/C16H30N2S/c1-2-14-11-17-16(8-4-3-5-9-16)13-18(14)12-15-7-6-10-19-15/h14-15,17H,2-13H2,1H3. The van der Waals surface area contributed by atoms with Crippen molar-refractivity contribution in [3.8, 4) is 0 Å². The van der Waals surface area contributed by atoms with Crippen LogP contribution in [0.15, 0.2) is 0 Å². The number of thioether (sulfide) groups is 1. The molecule has 0 radical (unpaired) electrons. The molecule has 0 aromatic carbocycles. The molecule has 1 aliphatic carbocycles. The van der Waals surface area contributed by atoms with Gasteiger partial charge in [-0.05, 0) is 37.9 Å². The zero-order valence-electron chi connectivity index (χ0n) is 12.5. The quantitative estimate of drug-likeness (QED) is 0.855. The average molecular weight is 282 g/mol. The summed E-state index contributed by atoms with van der Waals surface area (Å²) in [5, 5.41) is 4.87. The van der Waals surface area contributed by atoms with Crippen molar-refractivity contribution in [2.75, 3.05) is 25.4 Å². The van der Waals surface area contributed by atoms with Gasteiger partial charge in [0.25, 0.3) is 0 Å². The first-order valence-corrected chi connectivity index (χ1v) is 9.47. The van der Waals surface area contributed by atoms with Gasteiger partial charge in [0.05, 0.1) is 0 Å². The summed E-state index contributed by atoms with van der Waals surface area (Å²) in [6, 6.07) is 0.786. The lowest BCUT2D eigenvalue weighted by Gasteiger charge is -2.50. The van der Waals surface area contributed by atoms with Crippen molar-refractivity contribution < 1.29 is 0 Å².